The van der Waals surface area contributed by atoms with Gasteiger partial charge in [-0.05, 0) is 19.1 Å². The van der Waals surface area contributed by atoms with Crippen LogP contribution in [0.25, 0.3) is 11.0 Å². The molecular formula is C17H11F5N2O3. The Kier molecular flexibility index (Phi) is 4.73. The first-order chi connectivity index (χ1) is 12.8. The molecular weight excluding hydrogens is 375 g/mol. The maximum Gasteiger partial charge on any atom is 0.331 e. The van der Waals surface area contributed by atoms with Crippen LogP contribution in [0.1, 0.15) is 6.92 Å². The Balaban J connectivity index is 1.98. The van der Waals surface area contributed by atoms with Gasteiger partial charge in [-0.2, -0.15) is 8.78 Å². The summed E-state index contributed by atoms with van der Waals surface area (Å²) >= 11 is 0. The van der Waals surface area contributed by atoms with Gasteiger partial charge in [0.2, 0.25) is 34.8 Å². The summed E-state index contributed by atoms with van der Waals surface area (Å²) in [5.74, 6) is -14.5. The largest absolute Gasteiger partial charge is 0.419 e. The molecule has 0 N–H and O–H groups in total. The summed E-state index contributed by atoms with van der Waals surface area (Å²) in [7, 11) is 0. The number of carbonyl (C=O) groups excluding carboxylic acids is 1. The molecule has 2 aromatic carbocycles. The molecule has 0 fully saturated rings. The predicted molar refractivity (Wildman–Crippen MR) is 83.7 cm³/mol. The molecule has 0 spiro atoms. The van der Waals surface area contributed by atoms with Crippen molar-refractivity contribution in [2.75, 3.05) is 0 Å². The minimum Gasteiger partial charge on any atom is -0.419 e. The van der Waals surface area contributed by atoms with E-state index < -0.39 is 53.0 Å². The zero-order valence-corrected chi connectivity index (χ0v) is 13.7. The summed E-state index contributed by atoms with van der Waals surface area (Å²) < 4.78 is 73.3. The third-order valence-electron chi connectivity index (χ3n) is 3.91. The van der Waals surface area contributed by atoms with Gasteiger partial charge in [0.1, 0.15) is 6.54 Å². The highest BCUT2D eigenvalue weighted by Gasteiger charge is 2.29. The second-order valence-corrected chi connectivity index (χ2v) is 5.47. The smallest absolute Gasteiger partial charge is 0.331 e. The summed E-state index contributed by atoms with van der Waals surface area (Å²) in [5, 5.41) is 0. The SMILES string of the molecule is CCn1c(=O)n(CC(=O)Oc2c(F)c(F)c(F)c(F)c2F)c2ccccc21. The molecule has 0 amide bonds. The van der Waals surface area contributed by atoms with E-state index in [1.54, 1.807) is 25.1 Å². The third-order valence-corrected chi connectivity index (χ3v) is 3.91. The Hall–Kier alpha value is -3.17. The lowest BCUT2D eigenvalue weighted by Gasteiger charge is -2.09. The number of halogens is 5. The maximum absolute atomic E-state index is 13.6. The lowest BCUT2D eigenvalue weighted by atomic mass is 10.2. The molecule has 27 heavy (non-hydrogen) atoms. The molecule has 0 saturated carbocycles. The van der Waals surface area contributed by atoms with Crippen LogP contribution in [0.15, 0.2) is 29.1 Å². The van der Waals surface area contributed by atoms with Crippen molar-refractivity contribution in [1.29, 1.82) is 0 Å². The number of benzene rings is 2. The van der Waals surface area contributed by atoms with Crippen molar-refractivity contribution in [3.8, 4) is 5.75 Å². The van der Waals surface area contributed by atoms with Crippen LogP contribution in [-0.2, 0) is 17.9 Å². The van der Waals surface area contributed by atoms with Gasteiger partial charge in [-0.25, -0.2) is 22.8 Å². The highest BCUT2D eigenvalue weighted by molar-refractivity contribution is 5.79. The summed E-state index contributed by atoms with van der Waals surface area (Å²) in [6.45, 7) is 1.20. The van der Waals surface area contributed by atoms with Crippen LogP contribution in [0.5, 0.6) is 5.75 Å². The molecule has 0 radical (unpaired) electrons. The number of aromatic nitrogens is 2. The van der Waals surface area contributed by atoms with Crippen LogP contribution in [0, 0.1) is 29.1 Å². The van der Waals surface area contributed by atoms with Crippen molar-refractivity contribution in [3.63, 3.8) is 0 Å². The number of rotatable bonds is 4. The van der Waals surface area contributed by atoms with Crippen molar-refractivity contribution in [2.45, 2.75) is 20.0 Å². The number of imidazole rings is 1. The van der Waals surface area contributed by atoms with E-state index in [-0.39, 0.29) is 0 Å². The summed E-state index contributed by atoms with van der Waals surface area (Å²) in [6.07, 6.45) is 0. The summed E-state index contributed by atoms with van der Waals surface area (Å²) in [4.78, 5) is 24.4. The number of fused-ring (bicyclic) bond motifs is 1. The average Bonchev–Trinajstić information content (AvgIpc) is 2.93. The molecule has 0 bridgehead atoms. The topological polar surface area (TPSA) is 53.2 Å². The van der Waals surface area contributed by atoms with Gasteiger partial charge >= 0.3 is 11.7 Å². The Morgan fingerprint density at radius 2 is 1.37 bits per heavy atom. The van der Waals surface area contributed by atoms with E-state index in [2.05, 4.69) is 4.74 Å². The van der Waals surface area contributed by atoms with Crippen LogP contribution >= 0.6 is 0 Å². The number of nitrogens with zero attached hydrogens (tertiary/aromatic N) is 2. The monoisotopic (exact) mass is 386 g/mol. The Labute approximate surface area is 148 Å². The van der Waals surface area contributed by atoms with Crippen LogP contribution in [0.4, 0.5) is 22.0 Å². The molecule has 1 aromatic heterocycles. The van der Waals surface area contributed by atoms with E-state index >= 15 is 0 Å². The molecule has 3 rings (SSSR count). The first-order valence-corrected chi connectivity index (χ1v) is 7.68. The molecule has 0 aliphatic heterocycles. The fraction of sp³-hybridized carbons (Fsp3) is 0.176. The standard InChI is InChI=1S/C17H11F5N2O3/c1-2-23-8-5-3-4-6-9(8)24(17(23)26)7-10(25)27-16-14(21)12(19)11(18)13(20)15(16)22/h3-6H,2,7H2,1H3. The number of esters is 1. The van der Waals surface area contributed by atoms with Crippen LogP contribution in [0.2, 0.25) is 0 Å². The zero-order valence-electron chi connectivity index (χ0n) is 13.7. The lowest BCUT2D eigenvalue weighted by molar-refractivity contribution is -0.135. The summed E-state index contributed by atoms with van der Waals surface area (Å²) in [6, 6.07) is 6.44. The first-order valence-electron chi connectivity index (χ1n) is 7.68. The highest BCUT2D eigenvalue weighted by atomic mass is 19.2. The van der Waals surface area contributed by atoms with Crippen molar-refractivity contribution in [1.82, 2.24) is 9.13 Å². The molecule has 0 aliphatic carbocycles. The van der Waals surface area contributed by atoms with Crippen LogP contribution < -0.4 is 10.4 Å². The van der Waals surface area contributed by atoms with E-state index in [1.165, 1.54) is 10.6 Å². The third kappa shape index (κ3) is 2.96. The van der Waals surface area contributed by atoms with Gasteiger partial charge in [-0.3, -0.25) is 9.13 Å². The second kappa shape index (κ2) is 6.86. The van der Waals surface area contributed by atoms with Crippen LogP contribution in [0.3, 0.4) is 0 Å². The molecule has 0 saturated heterocycles. The van der Waals surface area contributed by atoms with E-state index in [1.807, 2.05) is 0 Å². The van der Waals surface area contributed by atoms with Crippen molar-refractivity contribution < 1.29 is 31.5 Å². The molecule has 0 atom stereocenters. The zero-order chi connectivity index (χ0) is 19.9. The molecule has 1 heterocycles. The fourth-order valence-corrected chi connectivity index (χ4v) is 2.68. The van der Waals surface area contributed by atoms with E-state index in [0.29, 0.717) is 17.6 Å². The maximum atomic E-state index is 13.6. The number of para-hydroxylation sites is 2. The Morgan fingerprint density at radius 1 is 0.889 bits per heavy atom. The Bertz CT molecular complexity index is 1090. The normalized spacial score (nSPS) is 11.2. The number of hydrogen-bond donors (Lipinski definition) is 0. The number of ether oxygens (including phenoxy) is 1. The molecule has 3 aromatic rings. The second-order valence-electron chi connectivity index (χ2n) is 5.47. The van der Waals surface area contributed by atoms with Gasteiger partial charge in [-0.1, -0.05) is 12.1 Å². The van der Waals surface area contributed by atoms with Gasteiger partial charge in [-0.15, -0.1) is 0 Å². The minimum atomic E-state index is -2.37. The number of hydrogen-bond acceptors (Lipinski definition) is 3. The van der Waals surface area contributed by atoms with Crippen molar-refractivity contribution in [2.24, 2.45) is 0 Å². The van der Waals surface area contributed by atoms with Gasteiger partial charge in [0.05, 0.1) is 11.0 Å². The van der Waals surface area contributed by atoms with Gasteiger partial charge in [0.25, 0.3) is 0 Å². The molecule has 0 aliphatic rings. The van der Waals surface area contributed by atoms with E-state index in [0.717, 1.165) is 4.57 Å². The number of aryl methyl sites for hydroxylation is 1. The highest BCUT2D eigenvalue weighted by Crippen LogP contribution is 2.29. The lowest BCUT2D eigenvalue weighted by Crippen LogP contribution is -2.28. The van der Waals surface area contributed by atoms with E-state index in [9.17, 15) is 31.5 Å². The molecule has 5 nitrogen and oxygen atoms in total. The summed E-state index contributed by atoms with van der Waals surface area (Å²) in [5.41, 5.74) is 0.265. The quantitative estimate of drug-likeness (QED) is 0.228. The van der Waals surface area contributed by atoms with Crippen molar-refractivity contribution >= 4 is 17.0 Å². The predicted octanol–water partition coefficient (Wildman–Crippen LogP) is 3.12. The Morgan fingerprint density at radius 3 is 1.89 bits per heavy atom. The van der Waals surface area contributed by atoms with Gasteiger partial charge < -0.3 is 4.74 Å². The first kappa shape index (κ1) is 18.6. The molecule has 142 valence electrons. The average molecular weight is 386 g/mol. The van der Waals surface area contributed by atoms with E-state index in [4.69, 9.17) is 0 Å². The minimum absolute atomic E-state index is 0.291. The molecule has 10 heteroatoms. The van der Waals surface area contributed by atoms with Gasteiger partial charge in [0, 0.05) is 6.54 Å². The van der Waals surface area contributed by atoms with Crippen molar-refractivity contribution in [3.05, 3.63) is 63.8 Å². The van der Waals surface area contributed by atoms with Crippen LogP contribution in [-0.4, -0.2) is 15.1 Å². The fourth-order valence-electron chi connectivity index (χ4n) is 2.68. The number of carbonyl (C=O) groups is 1. The van der Waals surface area contributed by atoms with Gasteiger partial charge in [0.15, 0.2) is 0 Å². The molecule has 0 unspecified atom stereocenters.